The predicted molar refractivity (Wildman–Crippen MR) is 104 cm³/mol. The number of benzene rings is 3. The Balaban J connectivity index is 1.97. The number of rotatable bonds is 6. The number of urea groups is 1. The Labute approximate surface area is 160 Å². The van der Waals surface area contributed by atoms with Gasteiger partial charge in [-0.1, -0.05) is 42.5 Å². The number of nitro groups is 1. The van der Waals surface area contributed by atoms with Crippen LogP contribution in [0.5, 0.6) is 11.5 Å². The molecule has 0 fully saturated rings. The van der Waals surface area contributed by atoms with Gasteiger partial charge >= 0.3 is 6.03 Å². The molecule has 0 spiro atoms. The van der Waals surface area contributed by atoms with Crippen LogP contribution in [0.2, 0.25) is 0 Å². The molecule has 0 aliphatic heterocycles. The maximum absolute atomic E-state index is 12.1. The van der Waals surface area contributed by atoms with E-state index < -0.39 is 16.7 Å². The van der Waals surface area contributed by atoms with Crippen LogP contribution in [0.15, 0.2) is 72.8 Å². The third kappa shape index (κ3) is 4.01. The van der Waals surface area contributed by atoms with Crippen LogP contribution in [0.4, 0.5) is 21.9 Å². The van der Waals surface area contributed by atoms with Crippen molar-refractivity contribution in [3.8, 4) is 11.5 Å². The molecule has 2 amide bonds. The maximum Gasteiger partial charge on any atom is 0.324 e. The van der Waals surface area contributed by atoms with Gasteiger partial charge in [0.05, 0.1) is 22.4 Å². The smallest absolute Gasteiger partial charge is 0.324 e. The van der Waals surface area contributed by atoms with Gasteiger partial charge < -0.3 is 15.6 Å². The average Bonchev–Trinajstić information content (AvgIpc) is 2.69. The third-order valence-corrected chi connectivity index (χ3v) is 3.97. The SMILES string of the molecule is NC(=O)N(c1ccc([N+](=O)[O-])cc1O)c1ccccc1OCc1ccccc1. The minimum Gasteiger partial charge on any atom is -0.505 e. The molecule has 8 heteroatoms. The van der Waals surface area contributed by atoms with Crippen molar-refractivity contribution in [2.45, 2.75) is 6.61 Å². The highest BCUT2D eigenvalue weighted by atomic mass is 16.6. The first-order valence-corrected chi connectivity index (χ1v) is 8.30. The van der Waals surface area contributed by atoms with Gasteiger partial charge in [-0.3, -0.25) is 15.0 Å². The van der Waals surface area contributed by atoms with Crippen molar-refractivity contribution in [3.05, 3.63) is 88.5 Å². The number of para-hydroxylation sites is 2. The quantitative estimate of drug-likeness (QED) is 0.494. The second kappa shape index (κ2) is 8.09. The molecule has 142 valence electrons. The zero-order valence-corrected chi connectivity index (χ0v) is 14.7. The van der Waals surface area contributed by atoms with Gasteiger partial charge in [0.1, 0.15) is 18.1 Å². The molecule has 0 heterocycles. The molecule has 0 saturated carbocycles. The highest BCUT2D eigenvalue weighted by molar-refractivity contribution is 6.01. The summed E-state index contributed by atoms with van der Waals surface area (Å²) in [4.78, 5) is 23.4. The Morgan fingerprint density at radius 3 is 2.36 bits per heavy atom. The fourth-order valence-electron chi connectivity index (χ4n) is 2.68. The maximum atomic E-state index is 12.1. The van der Waals surface area contributed by atoms with Gasteiger partial charge in [-0.05, 0) is 23.8 Å². The molecule has 0 radical (unpaired) electrons. The standard InChI is InChI=1S/C20H17N3O5/c21-20(25)22(16-11-10-15(23(26)27)12-18(16)24)17-8-4-5-9-19(17)28-13-14-6-2-1-3-7-14/h1-12,24H,13H2,(H2,21,25). The summed E-state index contributed by atoms with van der Waals surface area (Å²) in [7, 11) is 0. The Morgan fingerprint density at radius 2 is 1.71 bits per heavy atom. The summed E-state index contributed by atoms with van der Waals surface area (Å²) in [5.74, 6) is -0.0891. The lowest BCUT2D eigenvalue weighted by Gasteiger charge is -2.24. The van der Waals surface area contributed by atoms with Gasteiger partial charge in [-0.2, -0.15) is 0 Å². The van der Waals surface area contributed by atoms with Crippen LogP contribution < -0.4 is 15.4 Å². The third-order valence-electron chi connectivity index (χ3n) is 3.97. The number of ether oxygens (including phenoxy) is 1. The first-order chi connectivity index (χ1) is 13.5. The highest BCUT2D eigenvalue weighted by Crippen LogP contribution is 2.39. The Bertz CT molecular complexity index is 1010. The predicted octanol–water partition coefficient (Wildman–Crippen LogP) is 4.10. The molecular formula is C20H17N3O5. The lowest BCUT2D eigenvalue weighted by atomic mass is 10.2. The second-order valence-electron chi connectivity index (χ2n) is 5.85. The monoisotopic (exact) mass is 379 g/mol. The van der Waals surface area contributed by atoms with Crippen LogP contribution in [0.3, 0.4) is 0 Å². The van der Waals surface area contributed by atoms with E-state index >= 15 is 0 Å². The molecule has 0 unspecified atom stereocenters. The highest BCUT2D eigenvalue weighted by Gasteiger charge is 2.23. The number of amides is 2. The summed E-state index contributed by atoms with van der Waals surface area (Å²) in [5.41, 5.74) is 6.46. The average molecular weight is 379 g/mol. The fourth-order valence-corrected chi connectivity index (χ4v) is 2.68. The van der Waals surface area contributed by atoms with Crippen LogP contribution in [0.25, 0.3) is 0 Å². The zero-order valence-electron chi connectivity index (χ0n) is 14.7. The van der Waals surface area contributed by atoms with Crippen molar-refractivity contribution in [3.63, 3.8) is 0 Å². The van der Waals surface area contributed by atoms with Crippen molar-refractivity contribution in [2.75, 3.05) is 4.90 Å². The molecule has 0 aliphatic carbocycles. The van der Waals surface area contributed by atoms with Crippen molar-refractivity contribution in [1.29, 1.82) is 0 Å². The molecule has 28 heavy (non-hydrogen) atoms. The summed E-state index contributed by atoms with van der Waals surface area (Å²) in [5, 5.41) is 21.1. The number of carbonyl (C=O) groups is 1. The van der Waals surface area contributed by atoms with Gasteiger partial charge in [-0.15, -0.1) is 0 Å². The van der Waals surface area contributed by atoms with Crippen LogP contribution in [-0.4, -0.2) is 16.1 Å². The summed E-state index contributed by atoms with van der Waals surface area (Å²) in [6.45, 7) is 0.261. The first-order valence-electron chi connectivity index (χ1n) is 8.30. The lowest BCUT2D eigenvalue weighted by molar-refractivity contribution is -0.384. The number of hydrogen-bond acceptors (Lipinski definition) is 5. The second-order valence-corrected chi connectivity index (χ2v) is 5.85. The normalized spacial score (nSPS) is 10.3. The van der Waals surface area contributed by atoms with Crippen molar-refractivity contribution < 1.29 is 19.6 Å². The lowest BCUT2D eigenvalue weighted by Crippen LogP contribution is -2.31. The van der Waals surface area contributed by atoms with E-state index in [1.165, 1.54) is 12.1 Å². The molecule has 3 aromatic rings. The van der Waals surface area contributed by atoms with Gasteiger partial charge in [0.2, 0.25) is 0 Å². The molecule has 0 saturated heterocycles. The van der Waals surface area contributed by atoms with E-state index in [-0.39, 0.29) is 18.0 Å². The number of carbonyl (C=O) groups excluding carboxylic acids is 1. The summed E-state index contributed by atoms with van der Waals surface area (Å²) >= 11 is 0. The molecule has 0 aliphatic rings. The number of phenolic OH excluding ortho intramolecular Hbond substituents is 1. The number of non-ortho nitro benzene ring substituents is 1. The summed E-state index contributed by atoms with van der Waals surface area (Å²) in [6, 6.07) is 18.7. The largest absolute Gasteiger partial charge is 0.505 e. The van der Waals surface area contributed by atoms with Crippen molar-refractivity contribution in [1.82, 2.24) is 0 Å². The molecule has 3 aromatic carbocycles. The van der Waals surface area contributed by atoms with E-state index in [0.717, 1.165) is 16.5 Å². The Morgan fingerprint density at radius 1 is 1.04 bits per heavy atom. The van der Waals surface area contributed by atoms with E-state index in [9.17, 15) is 20.0 Å². The number of phenols is 1. The van der Waals surface area contributed by atoms with E-state index in [4.69, 9.17) is 10.5 Å². The molecule has 0 atom stereocenters. The van der Waals surface area contributed by atoms with Crippen molar-refractivity contribution in [2.24, 2.45) is 5.73 Å². The van der Waals surface area contributed by atoms with E-state index in [1.54, 1.807) is 24.3 Å². The Kier molecular flexibility index (Phi) is 5.40. The number of nitrogens with zero attached hydrogens (tertiary/aromatic N) is 2. The van der Waals surface area contributed by atoms with Crippen molar-refractivity contribution >= 4 is 23.1 Å². The molecule has 0 aromatic heterocycles. The molecule has 3 N–H and O–H groups in total. The first kappa shape index (κ1) is 18.7. The number of primary amides is 1. The van der Waals surface area contributed by atoms with E-state index in [2.05, 4.69) is 0 Å². The van der Waals surface area contributed by atoms with Crippen LogP contribution in [0.1, 0.15) is 5.56 Å². The minimum atomic E-state index is -0.875. The minimum absolute atomic E-state index is 0.00820. The zero-order chi connectivity index (χ0) is 20.1. The summed E-state index contributed by atoms with van der Waals surface area (Å²) < 4.78 is 5.84. The van der Waals surface area contributed by atoms with E-state index in [1.807, 2.05) is 30.3 Å². The summed E-state index contributed by atoms with van der Waals surface area (Å²) in [6.07, 6.45) is 0. The van der Waals surface area contributed by atoms with E-state index in [0.29, 0.717) is 11.4 Å². The number of anilines is 2. The number of nitro benzene ring substituents is 1. The van der Waals surface area contributed by atoms with Gasteiger partial charge in [0.25, 0.3) is 5.69 Å². The van der Waals surface area contributed by atoms with Gasteiger partial charge in [0.15, 0.2) is 0 Å². The molecule has 3 rings (SSSR count). The topological polar surface area (TPSA) is 119 Å². The van der Waals surface area contributed by atoms with Crippen LogP contribution >= 0.6 is 0 Å². The molecule has 0 bridgehead atoms. The fraction of sp³-hybridized carbons (Fsp3) is 0.0500. The molecule has 8 nitrogen and oxygen atoms in total. The van der Waals surface area contributed by atoms with Gasteiger partial charge in [-0.25, -0.2) is 4.79 Å². The number of nitrogens with two attached hydrogens (primary N) is 1. The van der Waals surface area contributed by atoms with Crippen LogP contribution in [-0.2, 0) is 6.61 Å². The van der Waals surface area contributed by atoms with Gasteiger partial charge in [0, 0.05) is 6.07 Å². The van der Waals surface area contributed by atoms with Crippen LogP contribution in [0, 0.1) is 10.1 Å². The number of hydrogen-bond donors (Lipinski definition) is 2. The molecular weight excluding hydrogens is 362 g/mol. The number of aromatic hydroxyl groups is 1. The Hall–Kier alpha value is -4.07.